The molecule has 0 saturated carbocycles. The lowest BCUT2D eigenvalue weighted by Gasteiger charge is -2.11. The van der Waals surface area contributed by atoms with Gasteiger partial charge < -0.3 is 10.1 Å². The molecule has 0 aromatic heterocycles. The van der Waals surface area contributed by atoms with Crippen molar-refractivity contribution in [3.8, 4) is 0 Å². The molecule has 0 bridgehead atoms. The highest BCUT2D eigenvalue weighted by molar-refractivity contribution is 5.96. The van der Waals surface area contributed by atoms with Crippen LogP contribution in [0.2, 0.25) is 0 Å². The molecule has 0 spiro atoms. The van der Waals surface area contributed by atoms with Crippen LogP contribution in [0.4, 0.5) is 14.5 Å². The summed E-state index contributed by atoms with van der Waals surface area (Å²) < 4.78 is 31.5. The van der Waals surface area contributed by atoms with Gasteiger partial charge in [0.1, 0.15) is 17.2 Å². The van der Waals surface area contributed by atoms with Crippen LogP contribution in [0.1, 0.15) is 21.5 Å². The van der Waals surface area contributed by atoms with Gasteiger partial charge in [-0.3, -0.25) is 4.79 Å². The van der Waals surface area contributed by atoms with Crippen molar-refractivity contribution < 1.29 is 23.1 Å². The number of hydrogen-bond donors (Lipinski definition) is 1. The quantitative estimate of drug-likeness (QED) is 0.879. The average Bonchev–Trinajstić information content (AvgIpc) is 2.49. The van der Waals surface area contributed by atoms with Gasteiger partial charge in [0.05, 0.1) is 0 Å². The van der Waals surface area contributed by atoms with Crippen LogP contribution in [0.3, 0.4) is 0 Å². The Morgan fingerprint density at radius 2 is 1.65 bits per heavy atom. The van der Waals surface area contributed by atoms with E-state index in [4.69, 9.17) is 0 Å². The van der Waals surface area contributed by atoms with E-state index in [1.165, 1.54) is 0 Å². The number of hydrogen-bond acceptors (Lipinski definition) is 3. The van der Waals surface area contributed by atoms with Gasteiger partial charge in [0.2, 0.25) is 0 Å². The van der Waals surface area contributed by atoms with Gasteiger partial charge in [-0.05, 0) is 43.2 Å². The van der Waals surface area contributed by atoms with Crippen LogP contribution in [0.15, 0.2) is 36.4 Å². The zero-order valence-corrected chi connectivity index (χ0v) is 12.7. The van der Waals surface area contributed by atoms with Gasteiger partial charge in [-0.1, -0.05) is 18.2 Å². The highest BCUT2D eigenvalue weighted by Gasteiger charge is 2.19. The average molecular weight is 319 g/mol. The molecule has 0 saturated heterocycles. The zero-order valence-electron chi connectivity index (χ0n) is 12.7. The molecule has 0 fully saturated rings. The minimum absolute atomic E-state index is 0.586. The Kier molecular flexibility index (Phi) is 5.05. The van der Waals surface area contributed by atoms with E-state index in [9.17, 15) is 18.4 Å². The summed E-state index contributed by atoms with van der Waals surface area (Å²) in [5.74, 6) is -3.89. The molecule has 2 aromatic carbocycles. The third-order valence-corrected chi connectivity index (χ3v) is 3.38. The highest BCUT2D eigenvalue weighted by atomic mass is 19.1. The van der Waals surface area contributed by atoms with Gasteiger partial charge in [-0.15, -0.1) is 0 Å². The summed E-state index contributed by atoms with van der Waals surface area (Å²) in [6.07, 6.45) is 0. The van der Waals surface area contributed by atoms with E-state index in [0.29, 0.717) is 5.69 Å². The summed E-state index contributed by atoms with van der Waals surface area (Å²) in [5, 5.41) is 2.58. The Hall–Kier alpha value is -2.76. The topological polar surface area (TPSA) is 55.4 Å². The Labute approximate surface area is 132 Å². The molecule has 23 heavy (non-hydrogen) atoms. The van der Waals surface area contributed by atoms with Crippen molar-refractivity contribution in [3.05, 3.63) is 64.7 Å². The first-order valence-electron chi connectivity index (χ1n) is 6.87. The number of nitrogens with one attached hydrogen (secondary N) is 1. The first kappa shape index (κ1) is 16.6. The van der Waals surface area contributed by atoms with Crippen LogP contribution >= 0.6 is 0 Å². The number of benzene rings is 2. The van der Waals surface area contributed by atoms with Gasteiger partial charge >= 0.3 is 5.97 Å². The summed E-state index contributed by atoms with van der Waals surface area (Å²) in [7, 11) is 0. The minimum atomic E-state index is -1.23. The summed E-state index contributed by atoms with van der Waals surface area (Å²) in [4.78, 5) is 23.5. The predicted molar refractivity (Wildman–Crippen MR) is 81.2 cm³/mol. The Bertz CT molecular complexity index is 739. The van der Waals surface area contributed by atoms with Gasteiger partial charge in [0.25, 0.3) is 5.91 Å². The fourth-order valence-corrected chi connectivity index (χ4v) is 1.97. The number of rotatable bonds is 4. The van der Waals surface area contributed by atoms with E-state index >= 15 is 0 Å². The van der Waals surface area contributed by atoms with E-state index in [-0.39, 0.29) is 0 Å². The maximum absolute atomic E-state index is 13.4. The summed E-state index contributed by atoms with van der Waals surface area (Å²) in [6, 6.07) is 8.39. The van der Waals surface area contributed by atoms with Crippen LogP contribution < -0.4 is 5.32 Å². The number of ether oxygens (including phenoxy) is 1. The molecule has 1 amide bonds. The van der Waals surface area contributed by atoms with Gasteiger partial charge in [0.15, 0.2) is 6.61 Å². The molecular formula is C17H15F2NO3. The molecule has 0 atom stereocenters. The fraction of sp³-hybridized carbons (Fsp3) is 0.176. The molecule has 0 heterocycles. The lowest BCUT2D eigenvalue weighted by molar-refractivity contribution is -0.119. The summed E-state index contributed by atoms with van der Waals surface area (Å²) in [5.41, 5.74) is 1.65. The standard InChI is InChI=1S/C17H15F2NO3/c1-10-5-3-8-14(11(10)2)20-15(21)9-23-17(22)16-12(18)6-4-7-13(16)19/h3-8H,9H2,1-2H3,(H,20,21). The SMILES string of the molecule is Cc1cccc(NC(=O)COC(=O)c2c(F)cccc2F)c1C. The number of aryl methyl sites for hydroxylation is 1. The molecule has 0 aliphatic carbocycles. The van der Waals surface area contributed by atoms with Crippen LogP contribution in [0.5, 0.6) is 0 Å². The highest BCUT2D eigenvalue weighted by Crippen LogP contribution is 2.18. The minimum Gasteiger partial charge on any atom is -0.452 e. The molecule has 0 radical (unpaired) electrons. The monoisotopic (exact) mass is 319 g/mol. The van der Waals surface area contributed by atoms with E-state index in [0.717, 1.165) is 29.3 Å². The molecule has 120 valence electrons. The number of carbonyl (C=O) groups excluding carboxylic acids is 2. The third-order valence-electron chi connectivity index (χ3n) is 3.38. The number of amides is 1. The third kappa shape index (κ3) is 3.91. The van der Waals surface area contributed by atoms with Crippen molar-refractivity contribution in [2.75, 3.05) is 11.9 Å². The molecule has 0 aliphatic rings. The van der Waals surface area contributed by atoms with Crippen molar-refractivity contribution in [1.29, 1.82) is 0 Å². The number of anilines is 1. The van der Waals surface area contributed by atoms with Gasteiger partial charge in [-0.25, -0.2) is 13.6 Å². The second kappa shape index (κ2) is 7.00. The molecule has 0 aliphatic heterocycles. The number of carbonyl (C=O) groups is 2. The maximum Gasteiger partial charge on any atom is 0.344 e. The predicted octanol–water partition coefficient (Wildman–Crippen LogP) is 3.38. The Balaban J connectivity index is 1.99. The second-order valence-corrected chi connectivity index (χ2v) is 4.97. The first-order chi connectivity index (χ1) is 10.9. The largest absolute Gasteiger partial charge is 0.452 e. The number of esters is 1. The maximum atomic E-state index is 13.4. The fourth-order valence-electron chi connectivity index (χ4n) is 1.97. The van der Waals surface area contributed by atoms with E-state index in [2.05, 4.69) is 10.1 Å². The summed E-state index contributed by atoms with van der Waals surface area (Å²) in [6.45, 7) is 3.09. The van der Waals surface area contributed by atoms with Gasteiger partial charge in [-0.2, -0.15) is 0 Å². The van der Waals surface area contributed by atoms with Crippen LogP contribution in [0, 0.1) is 25.5 Å². The number of halogens is 2. The molecule has 2 aromatic rings. The second-order valence-electron chi connectivity index (χ2n) is 4.97. The lowest BCUT2D eigenvalue weighted by Crippen LogP contribution is -2.22. The first-order valence-corrected chi connectivity index (χ1v) is 6.87. The molecule has 2 rings (SSSR count). The molecular weight excluding hydrogens is 304 g/mol. The molecule has 4 nitrogen and oxygen atoms in total. The zero-order chi connectivity index (χ0) is 17.0. The van der Waals surface area contributed by atoms with Crippen molar-refractivity contribution in [3.63, 3.8) is 0 Å². The Morgan fingerprint density at radius 3 is 2.30 bits per heavy atom. The van der Waals surface area contributed by atoms with E-state index in [1.54, 1.807) is 12.1 Å². The van der Waals surface area contributed by atoms with Crippen molar-refractivity contribution in [2.24, 2.45) is 0 Å². The molecule has 0 unspecified atom stereocenters. The smallest absolute Gasteiger partial charge is 0.344 e. The molecule has 6 heteroatoms. The van der Waals surface area contributed by atoms with Crippen molar-refractivity contribution >= 4 is 17.6 Å². The van der Waals surface area contributed by atoms with Crippen LogP contribution in [-0.2, 0) is 9.53 Å². The van der Waals surface area contributed by atoms with Crippen molar-refractivity contribution in [2.45, 2.75) is 13.8 Å². The molecule has 1 N–H and O–H groups in total. The van der Waals surface area contributed by atoms with Crippen LogP contribution in [0.25, 0.3) is 0 Å². The summed E-state index contributed by atoms with van der Waals surface area (Å²) >= 11 is 0. The Morgan fingerprint density at radius 1 is 1.04 bits per heavy atom. The normalized spacial score (nSPS) is 10.3. The van der Waals surface area contributed by atoms with E-state index < -0.39 is 35.7 Å². The van der Waals surface area contributed by atoms with Gasteiger partial charge in [0, 0.05) is 5.69 Å². The lowest BCUT2D eigenvalue weighted by atomic mass is 10.1. The van der Waals surface area contributed by atoms with Crippen molar-refractivity contribution in [1.82, 2.24) is 0 Å². The van der Waals surface area contributed by atoms with Crippen LogP contribution in [-0.4, -0.2) is 18.5 Å². The van der Waals surface area contributed by atoms with E-state index in [1.807, 2.05) is 19.9 Å².